The Kier molecular flexibility index (Phi) is 6.31. The molecular weight excluding hydrogens is 484 g/mol. The molecule has 0 saturated carbocycles. The number of hydrogen-bond donors (Lipinski definition) is 0. The number of rotatable bonds is 6. The summed E-state index contributed by atoms with van der Waals surface area (Å²) in [5, 5.41) is 14.0. The second-order valence-electron chi connectivity index (χ2n) is 9.24. The first-order chi connectivity index (χ1) is 19.1. The molecule has 0 atom stereocenters. The standard InChI is InChI=1S/C34H24N2O3/c1-39-34-19-18-27(22-33(34)36(37)38)32-21-28(30-13-7-11-25-10-5-6-12-29(25)30)20-31(35-32)26-16-14-24(15-17-26)23-8-3-2-4-9-23/h2-22H,1H3. The average Bonchev–Trinajstić information content (AvgIpc) is 3.00. The van der Waals surface area contributed by atoms with Gasteiger partial charge in [-0.05, 0) is 57.3 Å². The molecule has 0 aliphatic rings. The first-order valence-electron chi connectivity index (χ1n) is 12.6. The quantitative estimate of drug-likeness (QED) is 0.167. The summed E-state index contributed by atoms with van der Waals surface area (Å²) in [6.07, 6.45) is 0. The minimum atomic E-state index is -0.430. The van der Waals surface area contributed by atoms with Crippen LogP contribution in [0.15, 0.2) is 127 Å². The highest BCUT2D eigenvalue weighted by atomic mass is 16.6. The fourth-order valence-electron chi connectivity index (χ4n) is 4.92. The van der Waals surface area contributed by atoms with Gasteiger partial charge in [0.25, 0.3) is 0 Å². The van der Waals surface area contributed by atoms with Crippen molar-refractivity contribution in [3.8, 4) is 50.5 Å². The number of ether oxygens (including phenoxy) is 1. The van der Waals surface area contributed by atoms with E-state index in [0.717, 1.165) is 44.3 Å². The molecule has 0 N–H and O–H groups in total. The number of methoxy groups -OCH3 is 1. The van der Waals surface area contributed by atoms with Crippen molar-refractivity contribution in [2.24, 2.45) is 0 Å². The van der Waals surface area contributed by atoms with Crippen LogP contribution in [-0.4, -0.2) is 17.0 Å². The van der Waals surface area contributed by atoms with E-state index in [4.69, 9.17) is 9.72 Å². The van der Waals surface area contributed by atoms with E-state index >= 15 is 0 Å². The number of pyridine rings is 1. The zero-order chi connectivity index (χ0) is 26.8. The largest absolute Gasteiger partial charge is 0.490 e. The summed E-state index contributed by atoms with van der Waals surface area (Å²) >= 11 is 0. The van der Waals surface area contributed by atoms with Crippen LogP contribution in [0.4, 0.5) is 5.69 Å². The van der Waals surface area contributed by atoms with E-state index in [1.807, 2.05) is 48.5 Å². The lowest BCUT2D eigenvalue weighted by atomic mass is 9.95. The molecule has 0 bridgehead atoms. The van der Waals surface area contributed by atoms with Crippen LogP contribution < -0.4 is 4.74 Å². The third-order valence-electron chi connectivity index (χ3n) is 6.89. The average molecular weight is 509 g/mol. The van der Waals surface area contributed by atoms with Crippen molar-refractivity contribution in [2.45, 2.75) is 0 Å². The molecule has 1 heterocycles. The van der Waals surface area contributed by atoms with Crippen LogP contribution in [0.1, 0.15) is 0 Å². The minimum absolute atomic E-state index is 0.0962. The normalized spacial score (nSPS) is 10.9. The third kappa shape index (κ3) is 4.74. The second-order valence-corrected chi connectivity index (χ2v) is 9.24. The number of nitro benzene ring substituents is 1. The van der Waals surface area contributed by atoms with Crippen LogP contribution in [0.3, 0.4) is 0 Å². The molecular formula is C34H24N2O3. The van der Waals surface area contributed by atoms with Gasteiger partial charge < -0.3 is 4.74 Å². The van der Waals surface area contributed by atoms with Gasteiger partial charge in [0.1, 0.15) is 0 Å². The van der Waals surface area contributed by atoms with Crippen LogP contribution in [0.5, 0.6) is 5.75 Å². The number of nitrogens with zero attached hydrogens (tertiary/aromatic N) is 2. The predicted octanol–water partition coefficient (Wildman–Crippen LogP) is 8.82. The Labute approximate surface area is 226 Å². The highest BCUT2D eigenvalue weighted by molar-refractivity contribution is 5.97. The first-order valence-corrected chi connectivity index (χ1v) is 12.6. The molecule has 6 aromatic rings. The van der Waals surface area contributed by atoms with E-state index in [1.54, 1.807) is 6.07 Å². The van der Waals surface area contributed by atoms with Gasteiger partial charge in [-0.15, -0.1) is 0 Å². The van der Waals surface area contributed by atoms with E-state index in [1.165, 1.54) is 13.2 Å². The number of benzene rings is 5. The molecule has 39 heavy (non-hydrogen) atoms. The van der Waals surface area contributed by atoms with Crippen molar-refractivity contribution in [3.63, 3.8) is 0 Å². The van der Waals surface area contributed by atoms with E-state index < -0.39 is 4.92 Å². The van der Waals surface area contributed by atoms with Crippen molar-refractivity contribution in [3.05, 3.63) is 138 Å². The Morgan fingerprint density at radius 1 is 0.615 bits per heavy atom. The van der Waals surface area contributed by atoms with E-state index in [9.17, 15) is 10.1 Å². The first kappa shape index (κ1) is 24.1. The van der Waals surface area contributed by atoms with E-state index in [2.05, 4.69) is 66.7 Å². The van der Waals surface area contributed by atoms with E-state index in [-0.39, 0.29) is 11.4 Å². The lowest BCUT2D eigenvalue weighted by Crippen LogP contribution is -1.96. The Balaban J connectivity index is 1.53. The Bertz CT molecular complexity index is 1810. The second kappa shape index (κ2) is 10.2. The monoisotopic (exact) mass is 508 g/mol. The number of hydrogen-bond acceptors (Lipinski definition) is 4. The molecule has 188 valence electrons. The van der Waals surface area contributed by atoms with Gasteiger partial charge in [0, 0.05) is 17.2 Å². The van der Waals surface area contributed by atoms with Crippen molar-refractivity contribution >= 4 is 16.5 Å². The Morgan fingerprint density at radius 2 is 1.23 bits per heavy atom. The summed E-state index contributed by atoms with van der Waals surface area (Å²) in [7, 11) is 1.43. The van der Waals surface area contributed by atoms with Crippen molar-refractivity contribution in [2.75, 3.05) is 7.11 Å². The molecule has 6 rings (SSSR count). The maximum Gasteiger partial charge on any atom is 0.311 e. The number of fused-ring (bicyclic) bond motifs is 1. The molecule has 5 heteroatoms. The Morgan fingerprint density at radius 3 is 1.97 bits per heavy atom. The maximum atomic E-state index is 11.7. The molecule has 0 radical (unpaired) electrons. The molecule has 0 aliphatic carbocycles. The van der Waals surface area contributed by atoms with Gasteiger partial charge in [-0.2, -0.15) is 0 Å². The summed E-state index contributed by atoms with van der Waals surface area (Å²) in [6, 6.07) is 42.1. The fraction of sp³-hybridized carbons (Fsp3) is 0.0294. The molecule has 0 spiro atoms. The molecule has 0 saturated heterocycles. The van der Waals surface area contributed by atoms with Gasteiger partial charge in [-0.3, -0.25) is 10.1 Å². The van der Waals surface area contributed by atoms with E-state index in [0.29, 0.717) is 11.3 Å². The number of nitro groups is 1. The predicted molar refractivity (Wildman–Crippen MR) is 157 cm³/mol. The minimum Gasteiger partial charge on any atom is -0.490 e. The zero-order valence-corrected chi connectivity index (χ0v) is 21.2. The molecule has 0 aliphatic heterocycles. The summed E-state index contributed by atoms with van der Waals surface area (Å²) in [5.74, 6) is 0.214. The SMILES string of the molecule is COc1ccc(-c2cc(-c3cccc4ccccc34)cc(-c3ccc(-c4ccccc4)cc3)n2)cc1[N+](=O)[O-]. The van der Waals surface area contributed by atoms with Crippen LogP contribution in [0, 0.1) is 10.1 Å². The van der Waals surface area contributed by atoms with Crippen molar-refractivity contribution < 1.29 is 9.66 Å². The van der Waals surface area contributed by atoms with Gasteiger partial charge in [0.05, 0.1) is 23.4 Å². The van der Waals surface area contributed by atoms with Crippen molar-refractivity contribution in [1.82, 2.24) is 4.98 Å². The topological polar surface area (TPSA) is 65.3 Å². The molecule has 1 aromatic heterocycles. The zero-order valence-electron chi connectivity index (χ0n) is 21.2. The Hall–Kier alpha value is -5.29. The van der Waals surface area contributed by atoms with Crippen molar-refractivity contribution in [1.29, 1.82) is 0 Å². The van der Waals surface area contributed by atoms with Gasteiger partial charge >= 0.3 is 5.69 Å². The summed E-state index contributed by atoms with van der Waals surface area (Å²) in [5.41, 5.74) is 7.26. The lowest BCUT2D eigenvalue weighted by Gasteiger charge is -2.13. The van der Waals surface area contributed by atoms with Crippen LogP contribution in [0.2, 0.25) is 0 Å². The maximum absolute atomic E-state index is 11.7. The molecule has 0 amide bonds. The van der Waals surface area contributed by atoms with Gasteiger partial charge in [0.15, 0.2) is 5.75 Å². The summed E-state index contributed by atoms with van der Waals surface area (Å²) < 4.78 is 5.22. The van der Waals surface area contributed by atoms with Crippen LogP contribution in [-0.2, 0) is 0 Å². The summed E-state index contributed by atoms with van der Waals surface area (Å²) in [4.78, 5) is 16.3. The molecule has 0 unspecified atom stereocenters. The molecule has 5 nitrogen and oxygen atoms in total. The molecule has 0 fully saturated rings. The van der Waals surface area contributed by atoms with Crippen LogP contribution >= 0.6 is 0 Å². The lowest BCUT2D eigenvalue weighted by molar-refractivity contribution is -0.385. The highest BCUT2D eigenvalue weighted by Crippen LogP contribution is 2.37. The highest BCUT2D eigenvalue weighted by Gasteiger charge is 2.18. The third-order valence-corrected chi connectivity index (χ3v) is 6.89. The molecule has 5 aromatic carbocycles. The number of aromatic nitrogens is 1. The van der Waals surface area contributed by atoms with Gasteiger partial charge in [0.2, 0.25) is 0 Å². The smallest absolute Gasteiger partial charge is 0.311 e. The summed E-state index contributed by atoms with van der Waals surface area (Å²) in [6.45, 7) is 0. The fourth-order valence-corrected chi connectivity index (χ4v) is 4.92. The van der Waals surface area contributed by atoms with Gasteiger partial charge in [-0.25, -0.2) is 4.98 Å². The van der Waals surface area contributed by atoms with Crippen LogP contribution in [0.25, 0.3) is 55.5 Å². The van der Waals surface area contributed by atoms with Gasteiger partial charge in [-0.1, -0.05) is 97.1 Å².